The third kappa shape index (κ3) is 5.56. The van der Waals surface area contributed by atoms with Gasteiger partial charge in [0, 0.05) is 54.5 Å². The molecule has 0 aliphatic carbocycles. The second-order valence-corrected chi connectivity index (χ2v) is 7.98. The van der Waals surface area contributed by atoms with Crippen molar-refractivity contribution in [1.29, 1.82) is 0 Å². The van der Waals surface area contributed by atoms with E-state index in [1.807, 2.05) is 4.90 Å². The lowest BCUT2D eigenvalue weighted by Crippen LogP contribution is -2.38. The minimum Gasteiger partial charge on any atom is -0.356 e. The van der Waals surface area contributed by atoms with Gasteiger partial charge < -0.3 is 15.5 Å². The summed E-state index contributed by atoms with van der Waals surface area (Å²) < 4.78 is 0. The SMILES string of the molecule is O=C(CCNC(=O)c1ccc(Cl)cc1)NCCC(=O)N1CCc2sccc2C1. The van der Waals surface area contributed by atoms with E-state index in [4.69, 9.17) is 11.6 Å². The minimum atomic E-state index is -0.252. The van der Waals surface area contributed by atoms with E-state index >= 15 is 0 Å². The van der Waals surface area contributed by atoms with Crippen molar-refractivity contribution < 1.29 is 14.4 Å². The molecule has 148 valence electrons. The Hall–Kier alpha value is -2.38. The summed E-state index contributed by atoms with van der Waals surface area (Å²) in [7, 11) is 0. The van der Waals surface area contributed by atoms with Gasteiger partial charge in [-0.15, -0.1) is 11.3 Å². The molecule has 0 fully saturated rings. The summed E-state index contributed by atoms with van der Waals surface area (Å²) in [5.74, 6) is -0.395. The monoisotopic (exact) mass is 419 g/mol. The first-order valence-corrected chi connectivity index (χ1v) is 10.4. The standard InChI is InChI=1S/C20H22ClN3O3S/c21-16-3-1-14(2-4-16)20(27)23-9-5-18(25)22-10-6-19(26)24-11-7-17-15(13-24)8-12-28-17/h1-4,8,12H,5-7,9-11,13H2,(H,22,25)(H,23,27). The van der Waals surface area contributed by atoms with Crippen molar-refractivity contribution in [2.24, 2.45) is 0 Å². The molecule has 0 bridgehead atoms. The molecule has 0 unspecified atom stereocenters. The van der Waals surface area contributed by atoms with Crippen molar-refractivity contribution in [3.63, 3.8) is 0 Å². The predicted molar refractivity (Wildman–Crippen MR) is 109 cm³/mol. The highest BCUT2D eigenvalue weighted by atomic mass is 35.5. The number of nitrogens with one attached hydrogen (secondary N) is 2. The third-order valence-corrected chi connectivity index (χ3v) is 5.84. The highest BCUT2D eigenvalue weighted by molar-refractivity contribution is 7.10. The van der Waals surface area contributed by atoms with Gasteiger partial charge in [-0.2, -0.15) is 0 Å². The Morgan fingerprint density at radius 1 is 1.04 bits per heavy atom. The number of hydrogen-bond donors (Lipinski definition) is 2. The van der Waals surface area contributed by atoms with Gasteiger partial charge in [-0.25, -0.2) is 0 Å². The van der Waals surface area contributed by atoms with E-state index in [1.165, 1.54) is 10.4 Å². The van der Waals surface area contributed by atoms with Gasteiger partial charge in [0.2, 0.25) is 11.8 Å². The minimum absolute atomic E-state index is 0.0493. The predicted octanol–water partition coefficient (Wildman–Crippen LogP) is 2.61. The van der Waals surface area contributed by atoms with Crippen molar-refractivity contribution in [2.45, 2.75) is 25.8 Å². The molecular weight excluding hydrogens is 398 g/mol. The van der Waals surface area contributed by atoms with Crippen LogP contribution >= 0.6 is 22.9 Å². The Balaban J connectivity index is 1.31. The Labute approximate surface area is 172 Å². The maximum absolute atomic E-state index is 12.3. The number of hydrogen-bond acceptors (Lipinski definition) is 4. The zero-order valence-electron chi connectivity index (χ0n) is 15.4. The third-order valence-electron chi connectivity index (χ3n) is 4.57. The van der Waals surface area contributed by atoms with Gasteiger partial charge >= 0.3 is 0 Å². The normalized spacial score (nSPS) is 13.0. The molecule has 2 aromatic rings. The van der Waals surface area contributed by atoms with E-state index < -0.39 is 0 Å². The fourth-order valence-electron chi connectivity index (χ4n) is 3.01. The number of carbonyl (C=O) groups is 3. The van der Waals surface area contributed by atoms with Crippen molar-refractivity contribution in [3.05, 3.63) is 56.7 Å². The number of nitrogens with zero attached hydrogens (tertiary/aromatic N) is 1. The number of amides is 3. The zero-order valence-corrected chi connectivity index (χ0v) is 16.9. The second-order valence-electron chi connectivity index (χ2n) is 6.55. The number of rotatable bonds is 7. The number of fused-ring (bicyclic) bond motifs is 1. The van der Waals surface area contributed by atoms with Gasteiger partial charge in [-0.3, -0.25) is 14.4 Å². The molecule has 1 aliphatic rings. The van der Waals surface area contributed by atoms with E-state index in [0.29, 0.717) is 23.7 Å². The summed E-state index contributed by atoms with van der Waals surface area (Å²) in [5, 5.41) is 8.05. The molecule has 3 rings (SSSR count). The van der Waals surface area contributed by atoms with Crippen molar-refractivity contribution in [3.8, 4) is 0 Å². The van der Waals surface area contributed by atoms with E-state index in [0.717, 1.165) is 13.0 Å². The van der Waals surface area contributed by atoms with Crippen LogP contribution in [-0.4, -0.2) is 42.3 Å². The average molecular weight is 420 g/mol. The molecule has 0 saturated carbocycles. The summed E-state index contributed by atoms with van der Waals surface area (Å²) in [6, 6.07) is 8.61. The van der Waals surface area contributed by atoms with Crippen LogP contribution in [0.25, 0.3) is 0 Å². The summed E-state index contributed by atoms with van der Waals surface area (Å²) in [6.45, 7) is 1.92. The first-order valence-electron chi connectivity index (χ1n) is 9.16. The molecule has 0 spiro atoms. The molecule has 0 atom stereocenters. The van der Waals surface area contributed by atoms with Crippen LogP contribution in [0.4, 0.5) is 0 Å². The van der Waals surface area contributed by atoms with E-state index in [1.54, 1.807) is 35.6 Å². The van der Waals surface area contributed by atoms with Crippen molar-refractivity contribution >= 4 is 40.7 Å². The van der Waals surface area contributed by atoms with Gasteiger partial charge in [-0.05, 0) is 47.7 Å². The average Bonchev–Trinajstić information content (AvgIpc) is 3.16. The van der Waals surface area contributed by atoms with E-state index in [2.05, 4.69) is 22.1 Å². The lowest BCUT2D eigenvalue weighted by Gasteiger charge is -2.27. The first-order chi connectivity index (χ1) is 13.5. The van der Waals surface area contributed by atoms with Crippen LogP contribution in [-0.2, 0) is 22.6 Å². The van der Waals surface area contributed by atoms with Gasteiger partial charge in [0.15, 0.2) is 0 Å². The van der Waals surface area contributed by atoms with Crippen LogP contribution in [0, 0.1) is 0 Å². The molecule has 2 heterocycles. The van der Waals surface area contributed by atoms with Crippen LogP contribution in [0.3, 0.4) is 0 Å². The first kappa shape index (κ1) is 20.4. The van der Waals surface area contributed by atoms with Crippen LogP contribution < -0.4 is 10.6 Å². The number of carbonyl (C=O) groups excluding carboxylic acids is 3. The molecule has 1 aliphatic heterocycles. The Morgan fingerprint density at radius 3 is 2.57 bits per heavy atom. The molecule has 1 aromatic carbocycles. The molecule has 8 heteroatoms. The molecule has 1 aromatic heterocycles. The van der Waals surface area contributed by atoms with Crippen LogP contribution in [0.5, 0.6) is 0 Å². The van der Waals surface area contributed by atoms with Gasteiger partial charge in [-0.1, -0.05) is 11.6 Å². The van der Waals surface area contributed by atoms with E-state index in [9.17, 15) is 14.4 Å². The highest BCUT2D eigenvalue weighted by Gasteiger charge is 2.21. The Kier molecular flexibility index (Phi) is 7.06. The fourth-order valence-corrected chi connectivity index (χ4v) is 4.03. The van der Waals surface area contributed by atoms with Crippen LogP contribution in [0.2, 0.25) is 5.02 Å². The quantitative estimate of drug-likeness (QED) is 0.724. The summed E-state index contributed by atoms with van der Waals surface area (Å²) in [4.78, 5) is 39.3. The smallest absolute Gasteiger partial charge is 0.251 e. The summed E-state index contributed by atoms with van der Waals surface area (Å²) in [5.41, 5.74) is 1.72. The van der Waals surface area contributed by atoms with Crippen molar-refractivity contribution in [1.82, 2.24) is 15.5 Å². The molecule has 0 saturated heterocycles. The number of halogens is 1. The summed E-state index contributed by atoms with van der Waals surface area (Å²) in [6.07, 6.45) is 1.34. The second kappa shape index (κ2) is 9.71. The Bertz CT molecular complexity index is 851. The summed E-state index contributed by atoms with van der Waals surface area (Å²) >= 11 is 7.53. The number of thiophene rings is 1. The van der Waals surface area contributed by atoms with Gasteiger partial charge in [0.1, 0.15) is 0 Å². The molecule has 0 radical (unpaired) electrons. The van der Waals surface area contributed by atoms with Gasteiger partial charge in [0.05, 0.1) is 0 Å². The molecule has 6 nitrogen and oxygen atoms in total. The molecule has 2 N–H and O–H groups in total. The van der Waals surface area contributed by atoms with E-state index in [-0.39, 0.29) is 37.1 Å². The lowest BCUT2D eigenvalue weighted by molar-refractivity contribution is -0.132. The topological polar surface area (TPSA) is 78.5 Å². The largest absolute Gasteiger partial charge is 0.356 e. The molecular formula is C20H22ClN3O3S. The zero-order chi connectivity index (χ0) is 19.9. The molecule has 28 heavy (non-hydrogen) atoms. The van der Waals surface area contributed by atoms with Crippen molar-refractivity contribution in [2.75, 3.05) is 19.6 Å². The fraction of sp³-hybridized carbons (Fsp3) is 0.350. The van der Waals surface area contributed by atoms with Crippen LogP contribution in [0.15, 0.2) is 35.7 Å². The maximum atomic E-state index is 12.3. The lowest BCUT2D eigenvalue weighted by atomic mass is 10.1. The maximum Gasteiger partial charge on any atom is 0.251 e. The number of benzene rings is 1. The molecule has 3 amide bonds. The van der Waals surface area contributed by atoms with Gasteiger partial charge in [0.25, 0.3) is 5.91 Å². The van der Waals surface area contributed by atoms with Crippen LogP contribution in [0.1, 0.15) is 33.6 Å². The Morgan fingerprint density at radius 2 is 1.79 bits per heavy atom. The highest BCUT2D eigenvalue weighted by Crippen LogP contribution is 2.24.